The first-order valence-electron chi connectivity index (χ1n) is 8.84. The Balaban J connectivity index is 1.37. The van der Waals surface area contributed by atoms with Gasteiger partial charge in [0.1, 0.15) is 5.82 Å². The van der Waals surface area contributed by atoms with Crippen LogP contribution in [0, 0.1) is 5.82 Å². The van der Waals surface area contributed by atoms with E-state index in [1.54, 1.807) is 18.2 Å². The summed E-state index contributed by atoms with van der Waals surface area (Å²) in [7, 11) is 0. The first kappa shape index (κ1) is 18.4. The molecule has 1 saturated heterocycles. The Morgan fingerprint density at radius 1 is 1.04 bits per heavy atom. The van der Waals surface area contributed by atoms with E-state index in [1.807, 2.05) is 12.1 Å². The maximum atomic E-state index is 13.0. The lowest BCUT2D eigenvalue weighted by molar-refractivity contribution is 0.193. The Hall–Kier alpha value is -1.95. The summed E-state index contributed by atoms with van der Waals surface area (Å²) in [6, 6.07) is 11.7. The zero-order valence-corrected chi connectivity index (χ0v) is 16.0. The largest absolute Gasteiger partial charge is 0.420 e. The van der Waals surface area contributed by atoms with Gasteiger partial charge in [-0.15, -0.1) is 10.2 Å². The number of hydrogen-bond donors (Lipinski definition) is 0. The highest BCUT2D eigenvalue weighted by Gasteiger charge is 2.25. The molecule has 140 valence electrons. The molecule has 0 saturated carbocycles. The smallest absolute Gasteiger partial charge is 0.247 e. The number of rotatable bonds is 4. The quantitative estimate of drug-likeness (QED) is 0.569. The summed E-state index contributed by atoms with van der Waals surface area (Å²) in [5, 5.41) is 9.67. The molecule has 0 atom stereocenters. The second kappa shape index (κ2) is 7.97. The van der Waals surface area contributed by atoms with Crippen molar-refractivity contribution >= 4 is 23.2 Å². The maximum absolute atomic E-state index is 13.0. The fraction of sp³-hybridized carbons (Fsp3) is 0.300. The second-order valence-corrected chi connectivity index (χ2v) is 7.58. The fourth-order valence-electron chi connectivity index (χ4n) is 3.34. The van der Waals surface area contributed by atoms with Gasteiger partial charge in [0, 0.05) is 28.1 Å². The third-order valence-corrected chi connectivity index (χ3v) is 5.46. The van der Waals surface area contributed by atoms with E-state index in [0.717, 1.165) is 43.6 Å². The van der Waals surface area contributed by atoms with Crippen LogP contribution in [0.1, 0.15) is 30.2 Å². The van der Waals surface area contributed by atoms with E-state index in [0.29, 0.717) is 21.8 Å². The summed E-state index contributed by atoms with van der Waals surface area (Å²) in [4.78, 5) is 2.36. The van der Waals surface area contributed by atoms with Crippen molar-refractivity contribution in [2.75, 3.05) is 13.1 Å². The van der Waals surface area contributed by atoms with Gasteiger partial charge in [0.05, 0.1) is 0 Å². The Labute approximate surface area is 166 Å². The second-order valence-electron chi connectivity index (χ2n) is 6.74. The first-order chi connectivity index (χ1) is 13.1. The number of aromatic nitrogens is 2. The van der Waals surface area contributed by atoms with Crippen LogP contribution in [0.5, 0.6) is 0 Å². The molecular formula is C20H18Cl2FN3O. The van der Waals surface area contributed by atoms with E-state index in [4.69, 9.17) is 27.6 Å². The van der Waals surface area contributed by atoms with Crippen LogP contribution >= 0.6 is 23.2 Å². The average Bonchev–Trinajstić information content (AvgIpc) is 3.15. The van der Waals surface area contributed by atoms with Gasteiger partial charge < -0.3 is 4.42 Å². The standard InChI is InChI=1S/C20H18Cl2FN3O/c21-16-4-1-15(18(22)11-16)12-26-9-7-14(8-10-26)20-25-24-19(27-20)13-2-5-17(23)6-3-13/h1-6,11,14H,7-10,12H2. The number of halogens is 3. The van der Waals surface area contributed by atoms with Crippen molar-refractivity contribution in [1.82, 2.24) is 15.1 Å². The third-order valence-electron chi connectivity index (χ3n) is 4.88. The number of hydrogen-bond acceptors (Lipinski definition) is 4. The molecule has 4 rings (SSSR count). The Morgan fingerprint density at radius 3 is 2.48 bits per heavy atom. The van der Waals surface area contributed by atoms with Crippen molar-refractivity contribution in [1.29, 1.82) is 0 Å². The predicted octanol–water partition coefficient (Wildman–Crippen LogP) is 5.56. The van der Waals surface area contributed by atoms with Crippen molar-refractivity contribution < 1.29 is 8.81 Å². The summed E-state index contributed by atoms with van der Waals surface area (Å²) in [5.41, 5.74) is 1.81. The van der Waals surface area contributed by atoms with E-state index >= 15 is 0 Å². The van der Waals surface area contributed by atoms with Gasteiger partial charge in [-0.2, -0.15) is 0 Å². The van der Waals surface area contributed by atoms with E-state index in [9.17, 15) is 4.39 Å². The molecule has 2 heterocycles. The number of piperidine rings is 1. The molecule has 0 amide bonds. The van der Waals surface area contributed by atoms with Crippen LogP contribution in [0.2, 0.25) is 10.0 Å². The van der Waals surface area contributed by atoms with Crippen molar-refractivity contribution in [2.24, 2.45) is 0 Å². The normalized spacial score (nSPS) is 16.0. The molecule has 0 bridgehead atoms. The fourth-order valence-corrected chi connectivity index (χ4v) is 3.81. The van der Waals surface area contributed by atoms with Gasteiger partial charge in [-0.25, -0.2) is 4.39 Å². The lowest BCUT2D eigenvalue weighted by Crippen LogP contribution is -2.32. The van der Waals surface area contributed by atoms with Gasteiger partial charge in [0.2, 0.25) is 11.8 Å². The summed E-state index contributed by atoms with van der Waals surface area (Å²) in [6.07, 6.45) is 1.88. The average molecular weight is 406 g/mol. The van der Waals surface area contributed by atoms with Crippen LogP contribution in [0.3, 0.4) is 0 Å². The zero-order chi connectivity index (χ0) is 18.8. The van der Waals surface area contributed by atoms with Crippen LogP contribution < -0.4 is 0 Å². The molecular weight excluding hydrogens is 388 g/mol. The van der Waals surface area contributed by atoms with Gasteiger partial charge >= 0.3 is 0 Å². The molecule has 1 aliphatic rings. The Kier molecular flexibility index (Phi) is 5.43. The van der Waals surface area contributed by atoms with Gasteiger partial charge in [0.15, 0.2) is 0 Å². The van der Waals surface area contributed by atoms with Crippen LogP contribution in [0.15, 0.2) is 46.9 Å². The van der Waals surface area contributed by atoms with E-state index in [1.165, 1.54) is 12.1 Å². The lowest BCUT2D eigenvalue weighted by Gasteiger charge is -2.30. The lowest BCUT2D eigenvalue weighted by atomic mass is 9.96. The van der Waals surface area contributed by atoms with Crippen LogP contribution in [-0.2, 0) is 6.54 Å². The third kappa shape index (κ3) is 4.32. The highest BCUT2D eigenvalue weighted by atomic mass is 35.5. The van der Waals surface area contributed by atoms with Crippen molar-refractivity contribution in [2.45, 2.75) is 25.3 Å². The molecule has 1 aliphatic heterocycles. The highest BCUT2D eigenvalue weighted by molar-refractivity contribution is 6.35. The minimum Gasteiger partial charge on any atom is -0.420 e. The summed E-state index contributed by atoms with van der Waals surface area (Å²) < 4.78 is 18.9. The van der Waals surface area contributed by atoms with Crippen molar-refractivity contribution in [3.8, 4) is 11.5 Å². The minimum absolute atomic E-state index is 0.239. The predicted molar refractivity (Wildman–Crippen MR) is 103 cm³/mol. The molecule has 0 N–H and O–H groups in total. The SMILES string of the molecule is Fc1ccc(-c2nnc(C3CCN(Cc4ccc(Cl)cc4Cl)CC3)o2)cc1. The molecule has 2 aromatic carbocycles. The van der Waals surface area contributed by atoms with Crippen LogP contribution in [0.4, 0.5) is 4.39 Å². The first-order valence-corrected chi connectivity index (χ1v) is 9.60. The molecule has 0 spiro atoms. The molecule has 4 nitrogen and oxygen atoms in total. The van der Waals surface area contributed by atoms with Crippen molar-refractivity contribution in [3.63, 3.8) is 0 Å². The minimum atomic E-state index is -0.286. The van der Waals surface area contributed by atoms with Crippen LogP contribution in [0.25, 0.3) is 11.5 Å². The molecule has 3 aromatic rings. The number of likely N-dealkylation sites (tertiary alicyclic amines) is 1. The van der Waals surface area contributed by atoms with Gasteiger partial charge in [-0.05, 0) is 67.9 Å². The van der Waals surface area contributed by atoms with Crippen molar-refractivity contribution in [3.05, 3.63) is 69.8 Å². The molecule has 1 fully saturated rings. The highest BCUT2D eigenvalue weighted by Crippen LogP contribution is 2.31. The number of benzene rings is 2. The topological polar surface area (TPSA) is 42.2 Å². The number of nitrogens with zero attached hydrogens (tertiary/aromatic N) is 3. The monoisotopic (exact) mass is 405 g/mol. The molecule has 1 aromatic heterocycles. The Morgan fingerprint density at radius 2 is 1.78 bits per heavy atom. The maximum Gasteiger partial charge on any atom is 0.247 e. The Bertz CT molecular complexity index is 921. The van der Waals surface area contributed by atoms with Crippen LogP contribution in [-0.4, -0.2) is 28.2 Å². The molecule has 0 aliphatic carbocycles. The molecule has 0 radical (unpaired) electrons. The summed E-state index contributed by atoms with van der Waals surface area (Å²) in [5.74, 6) is 1.04. The van der Waals surface area contributed by atoms with Gasteiger partial charge in [-0.1, -0.05) is 29.3 Å². The molecule has 0 unspecified atom stereocenters. The van der Waals surface area contributed by atoms with Gasteiger partial charge in [0.25, 0.3) is 0 Å². The van der Waals surface area contributed by atoms with Gasteiger partial charge in [-0.3, -0.25) is 4.90 Å². The van der Waals surface area contributed by atoms with E-state index in [2.05, 4.69) is 15.1 Å². The summed E-state index contributed by atoms with van der Waals surface area (Å²) in [6.45, 7) is 2.66. The zero-order valence-electron chi connectivity index (χ0n) is 14.5. The molecule has 7 heteroatoms. The van der Waals surface area contributed by atoms with E-state index < -0.39 is 0 Å². The summed E-state index contributed by atoms with van der Waals surface area (Å²) >= 11 is 12.2. The van der Waals surface area contributed by atoms with E-state index in [-0.39, 0.29) is 11.7 Å². The molecule has 27 heavy (non-hydrogen) atoms.